The van der Waals surface area contributed by atoms with Gasteiger partial charge in [-0.3, -0.25) is 4.79 Å². The highest BCUT2D eigenvalue weighted by atomic mass is 35.5. The SMILES string of the molecule is COc1ccc(S(=O)(=O)N[C@@H](Cc2ccccc2)C(=O)N[C@@H](C)c2ccc(OC)c(OC)c2)cc1Cl. The van der Waals surface area contributed by atoms with E-state index >= 15 is 0 Å². The number of halogens is 1. The van der Waals surface area contributed by atoms with Crippen molar-refractivity contribution in [3.63, 3.8) is 0 Å². The van der Waals surface area contributed by atoms with Gasteiger partial charge in [-0.05, 0) is 54.8 Å². The molecule has 0 aliphatic rings. The van der Waals surface area contributed by atoms with Gasteiger partial charge in [-0.1, -0.05) is 48.0 Å². The molecule has 8 nitrogen and oxygen atoms in total. The molecule has 0 saturated heterocycles. The van der Waals surface area contributed by atoms with Gasteiger partial charge in [0.15, 0.2) is 11.5 Å². The normalized spacial score (nSPS) is 12.9. The number of nitrogens with one attached hydrogen (secondary N) is 2. The second-order valence-corrected chi connectivity index (χ2v) is 10.1. The van der Waals surface area contributed by atoms with Crippen LogP contribution in [0.4, 0.5) is 0 Å². The molecule has 0 radical (unpaired) electrons. The highest BCUT2D eigenvalue weighted by Crippen LogP contribution is 2.30. The first-order chi connectivity index (χ1) is 17.2. The van der Waals surface area contributed by atoms with Crippen molar-refractivity contribution in [2.24, 2.45) is 0 Å². The van der Waals surface area contributed by atoms with Gasteiger partial charge < -0.3 is 19.5 Å². The molecule has 192 valence electrons. The van der Waals surface area contributed by atoms with E-state index in [1.165, 1.54) is 32.4 Å². The largest absolute Gasteiger partial charge is 0.495 e. The molecule has 0 aliphatic heterocycles. The zero-order valence-electron chi connectivity index (χ0n) is 20.4. The number of ether oxygens (including phenoxy) is 3. The predicted molar refractivity (Wildman–Crippen MR) is 138 cm³/mol. The van der Waals surface area contributed by atoms with Crippen molar-refractivity contribution in [1.82, 2.24) is 10.0 Å². The number of methoxy groups -OCH3 is 3. The van der Waals surface area contributed by atoms with Crippen LogP contribution in [0, 0.1) is 0 Å². The summed E-state index contributed by atoms with van der Waals surface area (Å²) in [6, 6.07) is 17.1. The monoisotopic (exact) mass is 532 g/mol. The van der Waals surface area contributed by atoms with Crippen molar-refractivity contribution in [1.29, 1.82) is 0 Å². The molecular weight excluding hydrogens is 504 g/mol. The zero-order chi connectivity index (χ0) is 26.3. The van der Waals surface area contributed by atoms with Crippen molar-refractivity contribution < 1.29 is 27.4 Å². The number of hydrogen-bond donors (Lipinski definition) is 2. The Morgan fingerprint density at radius 2 is 1.53 bits per heavy atom. The van der Waals surface area contributed by atoms with Gasteiger partial charge in [0.05, 0.1) is 37.3 Å². The average molecular weight is 533 g/mol. The van der Waals surface area contributed by atoms with Crippen LogP contribution in [0.2, 0.25) is 5.02 Å². The molecule has 3 aromatic rings. The molecule has 0 aliphatic carbocycles. The predicted octanol–water partition coefficient (Wildman–Crippen LogP) is 4.13. The van der Waals surface area contributed by atoms with Crippen LogP contribution in [0.15, 0.2) is 71.6 Å². The summed E-state index contributed by atoms with van der Waals surface area (Å²) in [7, 11) is 0.428. The van der Waals surface area contributed by atoms with Crippen molar-refractivity contribution >= 4 is 27.5 Å². The number of amides is 1. The molecule has 3 rings (SSSR count). The molecule has 36 heavy (non-hydrogen) atoms. The Kier molecular flexibility index (Phi) is 9.19. The van der Waals surface area contributed by atoms with Gasteiger partial charge in [-0.15, -0.1) is 0 Å². The summed E-state index contributed by atoms with van der Waals surface area (Å²) < 4.78 is 44.6. The van der Waals surface area contributed by atoms with Crippen molar-refractivity contribution in [2.75, 3.05) is 21.3 Å². The van der Waals surface area contributed by atoms with Gasteiger partial charge in [-0.25, -0.2) is 8.42 Å². The Morgan fingerprint density at radius 3 is 2.14 bits per heavy atom. The Morgan fingerprint density at radius 1 is 0.889 bits per heavy atom. The van der Waals surface area contributed by atoms with E-state index in [4.69, 9.17) is 25.8 Å². The molecule has 0 unspecified atom stereocenters. The molecule has 10 heteroatoms. The lowest BCUT2D eigenvalue weighted by molar-refractivity contribution is -0.123. The molecule has 3 aromatic carbocycles. The Labute approximate surface area is 216 Å². The minimum atomic E-state index is -4.08. The summed E-state index contributed by atoms with van der Waals surface area (Å²) in [4.78, 5) is 13.3. The maximum Gasteiger partial charge on any atom is 0.241 e. The number of hydrogen-bond acceptors (Lipinski definition) is 6. The first kappa shape index (κ1) is 27.3. The quantitative estimate of drug-likeness (QED) is 0.385. The third kappa shape index (κ3) is 6.69. The first-order valence-electron chi connectivity index (χ1n) is 11.1. The third-order valence-corrected chi connectivity index (χ3v) is 7.36. The van der Waals surface area contributed by atoms with Crippen LogP contribution in [0.25, 0.3) is 0 Å². The average Bonchev–Trinajstić information content (AvgIpc) is 2.88. The third-order valence-electron chi connectivity index (χ3n) is 5.60. The Balaban J connectivity index is 1.86. The molecule has 0 spiro atoms. The van der Waals surface area contributed by atoms with Crippen LogP contribution >= 0.6 is 11.6 Å². The molecule has 0 heterocycles. The van der Waals surface area contributed by atoms with Crippen molar-refractivity contribution in [3.8, 4) is 17.2 Å². The summed E-state index contributed by atoms with van der Waals surface area (Å²) >= 11 is 6.13. The van der Waals surface area contributed by atoms with Crippen LogP contribution in [0.5, 0.6) is 17.2 Å². The molecule has 2 atom stereocenters. The van der Waals surface area contributed by atoms with Crippen LogP contribution < -0.4 is 24.2 Å². The van der Waals surface area contributed by atoms with E-state index < -0.39 is 28.0 Å². The molecule has 0 bridgehead atoms. The highest BCUT2D eigenvalue weighted by Gasteiger charge is 2.28. The summed E-state index contributed by atoms with van der Waals surface area (Å²) in [6.07, 6.45) is 0.147. The first-order valence-corrected chi connectivity index (χ1v) is 13.0. The second kappa shape index (κ2) is 12.1. The fourth-order valence-electron chi connectivity index (χ4n) is 3.63. The topological polar surface area (TPSA) is 103 Å². The van der Waals surface area contributed by atoms with Crippen LogP contribution in [0.1, 0.15) is 24.1 Å². The minimum absolute atomic E-state index is 0.0768. The summed E-state index contributed by atoms with van der Waals surface area (Å²) in [5.41, 5.74) is 1.57. The van der Waals surface area contributed by atoms with E-state index in [2.05, 4.69) is 10.0 Å². The fourth-order valence-corrected chi connectivity index (χ4v) is 5.17. The summed E-state index contributed by atoms with van der Waals surface area (Å²) in [5, 5.41) is 3.05. The van der Waals surface area contributed by atoms with E-state index in [-0.39, 0.29) is 16.3 Å². The number of carbonyl (C=O) groups excluding carboxylic acids is 1. The van der Waals surface area contributed by atoms with Gasteiger partial charge in [0, 0.05) is 0 Å². The van der Waals surface area contributed by atoms with E-state index in [1.807, 2.05) is 36.4 Å². The van der Waals surface area contributed by atoms with E-state index in [0.29, 0.717) is 17.2 Å². The maximum atomic E-state index is 13.3. The van der Waals surface area contributed by atoms with Gasteiger partial charge >= 0.3 is 0 Å². The number of benzene rings is 3. The molecule has 0 saturated carbocycles. The lowest BCUT2D eigenvalue weighted by atomic mass is 10.0. The molecular formula is C26H29ClN2O6S. The van der Waals surface area contributed by atoms with Gasteiger partial charge in [0.25, 0.3) is 0 Å². The lowest BCUT2D eigenvalue weighted by Crippen LogP contribution is -2.48. The second-order valence-electron chi connectivity index (χ2n) is 8.00. The van der Waals surface area contributed by atoms with Crippen molar-refractivity contribution in [2.45, 2.75) is 30.3 Å². The molecule has 2 N–H and O–H groups in total. The Hall–Kier alpha value is -3.27. The van der Waals surface area contributed by atoms with Crippen molar-refractivity contribution in [3.05, 3.63) is 82.9 Å². The molecule has 1 amide bonds. The smallest absolute Gasteiger partial charge is 0.241 e. The van der Waals surface area contributed by atoms with Gasteiger partial charge in [0.2, 0.25) is 15.9 Å². The van der Waals surface area contributed by atoms with Gasteiger partial charge in [-0.2, -0.15) is 4.72 Å². The minimum Gasteiger partial charge on any atom is -0.495 e. The van der Waals surface area contributed by atoms with Crippen LogP contribution in [-0.4, -0.2) is 41.7 Å². The standard InChI is InChI=1S/C26H29ClN2O6S/c1-17(19-10-12-24(34-3)25(15-19)35-4)28-26(30)22(14-18-8-6-5-7-9-18)29-36(31,32)20-11-13-23(33-2)21(27)16-20/h5-13,15-17,22,29H,14H2,1-4H3,(H,28,30)/t17-,22-/m0/s1. The number of carbonyl (C=O) groups is 1. The fraction of sp³-hybridized carbons (Fsp3) is 0.269. The summed E-state index contributed by atoms with van der Waals surface area (Å²) in [5.74, 6) is 0.948. The van der Waals surface area contributed by atoms with E-state index in [1.54, 1.807) is 26.2 Å². The maximum absolute atomic E-state index is 13.3. The van der Waals surface area contributed by atoms with E-state index in [9.17, 15) is 13.2 Å². The number of sulfonamides is 1. The van der Waals surface area contributed by atoms with Gasteiger partial charge in [0.1, 0.15) is 11.8 Å². The van der Waals surface area contributed by atoms with Crippen LogP contribution in [0.3, 0.4) is 0 Å². The Bertz CT molecular complexity index is 1300. The molecule has 0 fully saturated rings. The summed E-state index contributed by atoms with van der Waals surface area (Å²) in [6.45, 7) is 1.80. The highest BCUT2D eigenvalue weighted by molar-refractivity contribution is 7.89. The van der Waals surface area contributed by atoms with E-state index in [0.717, 1.165) is 11.1 Å². The number of rotatable bonds is 11. The zero-order valence-corrected chi connectivity index (χ0v) is 22.0. The van der Waals surface area contributed by atoms with Crippen LogP contribution in [-0.2, 0) is 21.2 Å². The lowest BCUT2D eigenvalue weighted by Gasteiger charge is -2.22. The molecule has 0 aromatic heterocycles.